The average Bonchev–Trinajstić information content (AvgIpc) is 2.79. The molecule has 0 N–H and O–H groups in total. The van der Waals surface area contributed by atoms with Crippen LogP contribution < -0.4 is 0 Å². The lowest BCUT2D eigenvalue weighted by Crippen LogP contribution is -2.37. The van der Waals surface area contributed by atoms with Crippen molar-refractivity contribution < 1.29 is 9.59 Å². The molecular weight excluding hydrogens is 245 g/mol. The molecule has 95 valence electrons. The van der Waals surface area contributed by atoms with E-state index >= 15 is 0 Å². The van der Waals surface area contributed by atoms with Crippen molar-refractivity contribution in [1.82, 2.24) is 4.81 Å². The van der Waals surface area contributed by atoms with Crippen LogP contribution in [0, 0.1) is 12.8 Å². The normalized spacial score (nSPS) is 17.6. The molecule has 1 aromatic heterocycles. The van der Waals surface area contributed by atoms with E-state index in [9.17, 15) is 9.59 Å². The monoisotopic (exact) mass is 262 g/mol. The van der Waals surface area contributed by atoms with Gasteiger partial charge >= 0.3 is 0 Å². The Labute approximate surface area is 112 Å². The number of rotatable bonds is 5. The molecule has 0 bridgehead atoms. The van der Waals surface area contributed by atoms with Gasteiger partial charge < -0.3 is 9.61 Å². The molecule has 18 heavy (non-hydrogen) atoms. The van der Waals surface area contributed by atoms with Crippen molar-refractivity contribution in [2.45, 2.75) is 26.2 Å². The fourth-order valence-corrected chi connectivity index (χ4v) is 3.07. The maximum absolute atomic E-state index is 12.1. The molecular formula is C13H17BNO2S. The Hall–Kier alpha value is -0.935. The number of hydrogen-bond donors (Lipinski definition) is 0. The van der Waals surface area contributed by atoms with Gasteiger partial charge in [-0.1, -0.05) is 0 Å². The van der Waals surface area contributed by atoms with Crippen LogP contribution in [0.3, 0.4) is 0 Å². The molecule has 0 saturated carbocycles. The van der Waals surface area contributed by atoms with Gasteiger partial charge in [-0.3, -0.25) is 4.79 Å². The number of thiophene rings is 1. The van der Waals surface area contributed by atoms with Crippen LogP contribution in [0.1, 0.15) is 34.5 Å². The molecule has 0 unspecified atom stereocenters. The molecule has 5 heteroatoms. The van der Waals surface area contributed by atoms with E-state index in [4.69, 9.17) is 0 Å². The molecule has 0 spiro atoms. The fraction of sp³-hybridized carbons (Fsp3) is 0.538. The molecule has 0 aliphatic carbocycles. The number of carbonyl (C=O) groups is 2. The van der Waals surface area contributed by atoms with Crippen molar-refractivity contribution in [3.8, 4) is 0 Å². The number of piperidine rings is 1. The van der Waals surface area contributed by atoms with Gasteiger partial charge in [0.1, 0.15) is 0 Å². The molecule has 1 aliphatic heterocycles. The Bertz CT molecular complexity index is 424. The van der Waals surface area contributed by atoms with E-state index in [1.54, 1.807) is 18.8 Å². The van der Waals surface area contributed by atoms with E-state index in [0.29, 0.717) is 12.3 Å². The molecule has 1 radical (unpaired) electrons. The molecule has 1 fully saturated rings. The molecule has 0 amide bonds. The van der Waals surface area contributed by atoms with Gasteiger partial charge in [0.15, 0.2) is 5.78 Å². The Morgan fingerprint density at radius 2 is 2.28 bits per heavy atom. The Kier molecular flexibility index (Phi) is 4.72. The largest absolute Gasteiger partial charge is 0.340 e. The van der Waals surface area contributed by atoms with Crippen LogP contribution in [0.5, 0.6) is 0 Å². The minimum atomic E-state index is 0.261. The molecule has 2 heterocycles. The van der Waals surface area contributed by atoms with Crippen LogP contribution in [0.25, 0.3) is 0 Å². The third kappa shape index (κ3) is 3.53. The second-order valence-electron chi connectivity index (χ2n) is 4.84. The zero-order valence-electron chi connectivity index (χ0n) is 10.6. The first-order chi connectivity index (χ1) is 8.69. The standard InChI is InChI=1S/C13H17BNO2S/c1-10-6-12(8-18-10)13(17)7-11-2-4-15(5-3-11)14-9-16/h6,8-9,11H,2-5,7H2,1H3. The third-order valence-electron chi connectivity index (χ3n) is 3.45. The zero-order chi connectivity index (χ0) is 13.0. The first kappa shape index (κ1) is 13.5. The summed E-state index contributed by atoms with van der Waals surface area (Å²) in [6, 6.07) is 1.97. The topological polar surface area (TPSA) is 37.4 Å². The highest BCUT2D eigenvalue weighted by atomic mass is 32.1. The van der Waals surface area contributed by atoms with E-state index in [1.165, 1.54) is 4.88 Å². The fourth-order valence-electron chi connectivity index (χ4n) is 2.36. The number of aryl methyl sites for hydroxylation is 1. The molecule has 2 rings (SSSR count). The summed E-state index contributed by atoms with van der Waals surface area (Å²) in [4.78, 5) is 25.7. The van der Waals surface area contributed by atoms with Gasteiger partial charge in [-0.05, 0) is 44.8 Å². The van der Waals surface area contributed by atoms with Crippen molar-refractivity contribution in [2.75, 3.05) is 13.1 Å². The summed E-state index contributed by atoms with van der Waals surface area (Å²) in [5.41, 5.74) is 0.861. The maximum atomic E-state index is 12.1. The van der Waals surface area contributed by atoms with Gasteiger partial charge in [0, 0.05) is 22.2 Å². The number of ketones is 1. The van der Waals surface area contributed by atoms with Crippen LogP contribution in [0.4, 0.5) is 0 Å². The SMILES string of the molecule is Cc1cc(C(=O)CC2CCN([B]C=O)CC2)cs1. The molecule has 0 atom stereocenters. The van der Waals surface area contributed by atoms with Crippen molar-refractivity contribution >= 4 is 30.7 Å². The molecule has 0 aromatic carbocycles. The van der Waals surface area contributed by atoms with Crippen LogP contribution >= 0.6 is 11.3 Å². The minimum absolute atomic E-state index is 0.261. The van der Waals surface area contributed by atoms with Gasteiger partial charge in [-0.25, -0.2) is 0 Å². The average molecular weight is 262 g/mol. The molecule has 3 nitrogen and oxygen atoms in total. The summed E-state index contributed by atoms with van der Waals surface area (Å²) in [6.07, 6.45) is 3.48. The summed E-state index contributed by atoms with van der Waals surface area (Å²) < 4.78 is 0. The Morgan fingerprint density at radius 3 is 2.83 bits per heavy atom. The second kappa shape index (κ2) is 6.30. The second-order valence-corrected chi connectivity index (χ2v) is 5.95. The van der Waals surface area contributed by atoms with Crippen molar-refractivity contribution in [3.63, 3.8) is 0 Å². The maximum Gasteiger partial charge on any atom is 0.293 e. The van der Waals surface area contributed by atoms with Crippen molar-refractivity contribution in [2.24, 2.45) is 5.92 Å². The highest BCUT2D eigenvalue weighted by Gasteiger charge is 2.22. The summed E-state index contributed by atoms with van der Waals surface area (Å²) in [5.74, 6) is 0.728. The van der Waals surface area contributed by atoms with Gasteiger partial charge in [0.2, 0.25) is 0 Å². The van der Waals surface area contributed by atoms with Gasteiger partial charge in [-0.15, -0.1) is 11.3 Å². The summed E-state index contributed by atoms with van der Waals surface area (Å²) in [7, 11) is 1.60. The summed E-state index contributed by atoms with van der Waals surface area (Å²) in [6.45, 7) is 3.80. The Balaban J connectivity index is 1.81. The highest BCUT2D eigenvalue weighted by molar-refractivity contribution is 7.10. The summed E-state index contributed by atoms with van der Waals surface area (Å²) in [5, 5.41) is 1.95. The lowest BCUT2D eigenvalue weighted by molar-refractivity contribution is 0.0945. The van der Waals surface area contributed by atoms with Gasteiger partial charge in [0.05, 0.1) is 6.19 Å². The molecule has 1 aromatic rings. The quantitative estimate of drug-likeness (QED) is 0.463. The molecule has 1 aliphatic rings. The first-order valence-electron chi connectivity index (χ1n) is 6.30. The first-order valence-corrected chi connectivity index (χ1v) is 7.18. The van der Waals surface area contributed by atoms with Crippen LogP contribution in [0.2, 0.25) is 0 Å². The van der Waals surface area contributed by atoms with Crippen LogP contribution in [-0.2, 0) is 4.79 Å². The highest BCUT2D eigenvalue weighted by Crippen LogP contribution is 2.23. The van der Waals surface area contributed by atoms with Crippen LogP contribution in [-0.4, -0.2) is 37.3 Å². The number of nitrogens with zero attached hydrogens (tertiary/aromatic N) is 1. The predicted molar refractivity (Wildman–Crippen MR) is 74.8 cm³/mol. The van der Waals surface area contributed by atoms with E-state index in [1.807, 2.05) is 23.2 Å². The van der Waals surface area contributed by atoms with E-state index in [-0.39, 0.29) is 5.78 Å². The van der Waals surface area contributed by atoms with Gasteiger partial charge in [0.25, 0.3) is 7.41 Å². The minimum Gasteiger partial charge on any atom is -0.340 e. The third-order valence-corrected chi connectivity index (χ3v) is 4.31. The zero-order valence-corrected chi connectivity index (χ0v) is 11.4. The van der Waals surface area contributed by atoms with E-state index in [2.05, 4.69) is 0 Å². The number of Topliss-reactive ketones (excluding diaryl/α,β-unsaturated/α-hetero) is 1. The van der Waals surface area contributed by atoms with Crippen LogP contribution in [0.15, 0.2) is 11.4 Å². The van der Waals surface area contributed by atoms with E-state index in [0.717, 1.165) is 37.7 Å². The smallest absolute Gasteiger partial charge is 0.293 e. The number of carbonyl (C=O) groups excluding carboxylic acids is 2. The lowest BCUT2D eigenvalue weighted by atomic mass is 9.84. The van der Waals surface area contributed by atoms with E-state index < -0.39 is 0 Å². The predicted octanol–water partition coefficient (Wildman–Crippen LogP) is 2.15. The molecule has 1 saturated heterocycles. The lowest BCUT2D eigenvalue weighted by Gasteiger charge is -2.30. The summed E-state index contributed by atoms with van der Waals surface area (Å²) >= 11 is 1.63. The Morgan fingerprint density at radius 1 is 1.56 bits per heavy atom. The van der Waals surface area contributed by atoms with Crippen molar-refractivity contribution in [3.05, 3.63) is 21.9 Å². The number of hydrogen-bond acceptors (Lipinski definition) is 4. The van der Waals surface area contributed by atoms with Crippen molar-refractivity contribution in [1.29, 1.82) is 0 Å². The van der Waals surface area contributed by atoms with Gasteiger partial charge in [-0.2, -0.15) is 0 Å².